The Morgan fingerprint density at radius 3 is 1.79 bits per heavy atom. The van der Waals surface area contributed by atoms with Crippen molar-refractivity contribution in [3.8, 4) is 0 Å². The van der Waals surface area contributed by atoms with Crippen LogP contribution in [-0.2, 0) is 6.18 Å². The van der Waals surface area contributed by atoms with Gasteiger partial charge in [0.05, 0.1) is 21.7 Å². The molecule has 0 aliphatic carbocycles. The van der Waals surface area contributed by atoms with Gasteiger partial charge in [-0.25, -0.2) is 13.2 Å². The maximum Gasteiger partial charge on any atom is 0.417 e. The predicted molar refractivity (Wildman–Crippen MR) is 73.5 cm³/mol. The summed E-state index contributed by atoms with van der Waals surface area (Å²) >= 11 is 5.26. The zero-order valence-corrected chi connectivity index (χ0v) is 12.3. The highest BCUT2D eigenvalue weighted by atomic mass is 35.5. The van der Waals surface area contributed by atoms with E-state index in [-0.39, 0.29) is 17.6 Å². The molecule has 0 N–H and O–H groups in total. The predicted octanol–water partition coefficient (Wildman–Crippen LogP) is 5.09. The lowest BCUT2D eigenvalue weighted by atomic mass is 10.1. The summed E-state index contributed by atoms with van der Waals surface area (Å²) in [4.78, 5) is 20.2. The van der Waals surface area contributed by atoms with Crippen molar-refractivity contribution in [1.29, 1.82) is 0 Å². The quantitative estimate of drug-likeness (QED) is 0.420. The molecule has 2 aromatic rings. The molecule has 0 amide bonds. The molecule has 0 saturated heterocycles. The number of halogens is 7. The molecule has 0 atom stereocenters. The molecule has 0 aromatic heterocycles. The van der Waals surface area contributed by atoms with Gasteiger partial charge in [-0.2, -0.15) is 13.2 Å². The van der Waals surface area contributed by atoms with Gasteiger partial charge >= 0.3 is 6.18 Å². The second-order valence-electron chi connectivity index (χ2n) is 4.19. The summed E-state index contributed by atoms with van der Waals surface area (Å²) in [5.74, 6) is -3.08. The SMILES string of the molecule is O=Cc1c(F)ccc(Cl)c1F.O=Cc1c(F)cccc1C(F)(F)F. The molecule has 0 spiro atoms. The number of benzene rings is 2. The second kappa shape index (κ2) is 7.96. The van der Waals surface area contributed by atoms with E-state index in [4.69, 9.17) is 11.6 Å². The van der Waals surface area contributed by atoms with Crippen molar-refractivity contribution >= 4 is 24.2 Å². The summed E-state index contributed by atoms with van der Waals surface area (Å²) in [6, 6.07) is 4.37. The number of rotatable bonds is 2. The summed E-state index contributed by atoms with van der Waals surface area (Å²) in [5, 5.41) is -0.256. The first-order valence-corrected chi connectivity index (χ1v) is 6.40. The second-order valence-corrected chi connectivity index (χ2v) is 4.60. The number of hydrogen-bond donors (Lipinski definition) is 0. The Bertz CT molecular complexity index is 758. The molecule has 0 unspecified atom stereocenters. The molecule has 0 saturated carbocycles. The van der Waals surface area contributed by atoms with Crippen molar-refractivity contribution in [1.82, 2.24) is 0 Å². The van der Waals surface area contributed by atoms with Gasteiger partial charge in [-0.15, -0.1) is 0 Å². The maximum atomic E-state index is 12.7. The molecule has 0 radical (unpaired) electrons. The van der Waals surface area contributed by atoms with Crippen LogP contribution in [-0.4, -0.2) is 12.6 Å². The molecule has 2 aromatic carbocycles. The van der Waals surface area contributed by atoms with Crippen LogP contribution in [0.4, 0.5) is 26.3 Å². The maximum absolute atomic E-state index is 12.7. The van der Waals surface area contributed by atoms with Crippen molar-refractivity contribution in [3.63, 3.8) is 0 Å². The Morgan fingerprint density at radius 2 is 1.38 bits per heavy atom. The summed E-state index contributed by atoms with van der Waals surface area (Å²) < 4.78 is 74.1. The molecule has 0 fully saturated rings. The molecular weight excluding hydrogens is 362 g/mol. The van der Waals surface area contributed by atoms with Crippen LogP contribution in [0.15, 0.2) is 30.3 Å². The molecule has 2 rings (SSSR count). The zero-order chi connectivity index (χ0) is 18.5. The largest absolute Gasteiger partial charge is 0.417 e. The zero-order valence-electron chi connectivity index (χ0n) is 11.5. The van der Waals surface area contributed by atoms with Gasteiger partial charge in [0.1, 0.15) is 11.6 Å². The van der Waals surface area contributed by atoms with Gasteiger partial charge in [0.2, 0.25) is 0 Å². The fourth-order valence-corrected chi connectivity index (χ4v) is 1.72. The lowest BCUT2D eigenvalue weighted by molar-refractivity contribution is -0.138. The van der Waals surface area contributed by atoms with Gasteiger partial charge in [-0.1, -0.05) is 17.7 Å². The van der Waals surface area contributed by atoms with E-state index in [1.54, 1.807) is 0 Å². The molecule has 0 heterocycles. The topological polar surface area (TPSA) is 34.1 Å². The van der Waals surface area contributed by atoms with Crippen LogP contribution < -0.4 is 0 Å². The Balaban J connectivity index is 0.000000243. The van der Waals surface area contributed by atoms with E-state index in [2.05, 4.69) is 0 Å². The van der Waals surface area contributed by atoms with Gasteiger partial charge in [0.15, 0.2) is 18.4 Å². The summed E-state index contributed by atoms with van der Waals surface area (Å²) in [7, 11) is 0. The smallest absolute Gasteiger partial charge is 0.298 e. The Hall–Kier alpha value is -2.35. The molecular formula is C15H7ClF6O2. The highest BCUT2D eigenvalue weighted by Gasteiger charge is 2.34. The van der Waals surface area contributed by atoms with Crippen LogP contribution in [0.25, 0.3) is 0 Å². The third-order valence-electron chi connectivity index (χ3n) is 2.67. The average molecular weight is 369 g/mol. The standard InChI is InChI=1S/C8H4F4O.C7H3ClF2O/c9-7-3-1-2-6(5(7)4-13)8(10,11)12;8-5-1-2-6(9)4(3-11)7(5)10/h1-4H;1-3H. The van der Waals surface area contributed by atoms with Crippen molar-refractivity contribution in [2.75, 3.05) is 0 Å². The van der Waals surface area contributed by atoms with Crippen LogP contribution in [0.1, 0.15) is 26.3 Å². The van der Waals surface area contributed by atoms with E-state index in [0.29, 0.717) is 6.07 Å². The number of alkyl halides is 3. The summed E-state index contributed by atoms with van der Waals surface area (Å²) in [6.45, 7) is 0. The van der Waals surface area contributed by atoms with E-state index in [1.165, 1.54) is 0 Å². The Morgan fingerprint density at radius 1 is 0.833 bits per heavy atom. The van der Waals surface area contributed by atoms with E-state index in [0.717, 1.165) is 24.3 Å². The molecule has 0 bridgehead atoms. The lowest BCUT2D eigenvalue weighted by Crippen LogP contribution is -2.10. The van der Waals surface area contributed by atoms with Crippen LogP contribution in [0.2, 0.25) is 5.02 Å². The third-order valence-corrected chi connectivity index (χ3v) is 2.97. The fraction of sp³-hybridized carbons (Fsp3) is 0.0667. The fourth-order valence-electron chi connectivity index (χ4n) is 1.55. The number of carbonyl (C=O) groups excluding carboxylic acids is 2. The van der Waals surface area contributed by atoms with Crippen molar-refractivity contribution in [2.45, 2.75) is 6.18 Å². The first-order chi connectivity index (χ1) is 11.1. The monoisotopic (exact) mass is 368 g/mol. The van der Waals surface area contributed by atoms with E-state index < -0.39 is 40.3 Å². The first kappa shape index (κ1) is 19.7. The average Bonchev–Trinajstić information content (AvgIpc) is 2.51. The lowest BCUT2D eigenvalue weighted by Gasteiger charge is -2.08. The summed E-state index contributed by atoms with van der Waals surface area (Å²) in [5.41, 5.74) is -2.82. The Labute approximate surface area is 136 Å². The van der Waals surface area contributed by atoms with Gasteiger partial charge in [-0.3, -0.25) is 9.59 Å². The van der Waals surface area contributed by atoms with Gasteiger partial charge in [0, 0.05) is 0 Å². The highest BCUT2D eigenvalue weighted by Crippen LogP contribution is 2.32. The highest BCUT2D eigenvalue weighted by molar-refractivity contribution is 6.31. The van der Waals surface area contributed by atoms with Crippen LogP contribution in [0.3, 0.4) is 0 Å². The first-order valence-electron chi connectivity index (χ1n) is 6.03. The van der Waals surface area contributed by atoms with E-state index in [9.17, 15) is 35.9 Å². The molecule has 9 heteroatoms. The normalized spacial score (nSPS) is 10.6. The van der Waals surface area contributed by atoms with Crippen molar-refractivity contribution in [2.24, 2.45) is 0 Å². The molecule has 2 nitrogen and oxygen atoms in total. The van der Waals surface area contributed by atoms with Crippen molar-refractivity contribution in [3.05, 3.63) is 69.5 Å². The molecule has 128 valence electrons. The minimum Gasteiger partial charge on any atom is -0.298 e. The molecule has 0 aliphatic heterocycles. The Kier molecular flexibility index (Phi) is 6.53. The van der Waals surface area contributed by atoms with Crippen molar-refractivity contribution < 1.29 is 35.9 Å². The van der Waals surface area contributed by atoms with E-state index in [1.807, 2.05) is 0 Å². The number of carbonyl (C=O) groups is 2. The number of aldehydes is 2. The van der Waals surface area contributed by atoms with Gasteiger partial charge < -0.3 is 0 Å². The minimum absolute atomic E-state index is 0.0938. The molecule has 0 aliphatic rings. The van der Waals surface area contributed by atoms with Crippen LogP contribution in [0, 0.1) is 17.5 Å². The van der Waals surface area contributed by atoms with Gasteiger partial charge in [0.25, 0.3) is 0 Å². The summed E-state index contributed by atoms with van der Waals surface area (Å²) in [6.07, 6.45) is -4.74. The molecule has 24 heavy (non-hydrogen) atoms. The van der Waals surface area contributed by atoms with Gasteiger partial charge in [-0.05, 0) is 24.3 Å². The minimum atomic E-state index is -4.70. The van der Waals surface area contributed by atoms with Crippen LogP contribution >= 0.6 is 11.6 Å². The van der Waals surface area contributed by atoms with E-state index >= 15 is 0 Å². The third kappa shape index (κ3) is 4.58. The number of hydrogen-bond acceptors (Lipinski definition) is 2. The van der Waals surface area contributed by atoms with Crippen LogP contribution in [0.5, 0.6) is 0 Å².